The minimum Gasteiger partial charge on any atom is -0.465 e. The number of Topliss-reactive ketones (excluding diaryl/α,β-unsaturated/α-hetero) is 1. The van der Waals surface area contributed by atoms with Crippen LogP contribution >= 0.6 is 11.6 Å². The van der Waals surface area contributed by atoms with Crippen molar-refractivity contribution in [1.82, 2.24) is 0 Å². The highest BCUT2D eigenvalue weighted by atomic mass is 35.5. The van der Waals surface area contributed by atoms with E-state index >= 15 is 0 Å². The van der Waals surface area contributed by atoms with Gasteiger partial charge in [0.05, 0.1) is 19.3 Å². The molecule has 1 saturated heterocycles. The second kappa shape index (κ2) is 8.56. The maximum absolute atomic E-state index is 13.1. The Hall–Kier alpha value is -2.37. The first-order chi connectivity index (χ1) is 14.1. The van der Waals surface area contributed by atoms with Crippen molar-refractivity contribution in [3.8, 4) is 5.75 Å². The molecule has 2 aromatic carbocycles. The summed E-state index contributed by atoms with van der Waals surface area (Å²) in [6.45, 7) is 0.712. The molecule has 1 fully saturated rings. The zero-order valence-corrected chi connectivity index (χ0v) is 17.0. The van der Waals surface area contributed by atoms with Crippen LogP contribution in [0.25, 0.3) is 0 Å². The van der Waals surface area contributed by atoms with Crippen LogP contribution in [0.3, 0.4) is 0 Å². The number of fused-ring (bicyclic) bond motifs is 1. The quantitative estimate of drug-likeness (QED) is 0.663. The fourth-order valence-electron chi connectivity index (χ4n) is 4.02. The number of ether oxygens (including phenoxy) is 3. The van der Waals surface area contributed by atoms with Crippen LogP contribution < -0.4 is 4.74 Å². The van der Waals surface area contributed by atoms with Gasteiger partial charge in [0.1, 0.15) is 5.75 Å². The third-order valence-electron chi connectivity index (χ3n) is 5.56. The molecule has 152 valence electrons. The van der Waals surface area contributed by atoms with Crippen molar-refractivity contribution >= 4 is 23.4 Å². The average molecular weight is 415 g/mol. The van der Waals surface area contributed by atoms with Crippen LogP contribution in [0.5, 0.6) is 5.75 Å². The number of ketones is 1. The Morgan fingerprint density at radius 2 is 2.00 bits per heavy atom. The van der Waals surface area contributed by atoms with Crippen LogP contribution in [0.4, 0.5) is 0 Å². The SMILES string of the molecule is COC(=O)c1ccc2c(c1)CCC(c1ccc(OC3CCCCO3)cc1Cl)C2=O. The van der Waals surface area contributed by atoms with Gasteiger partial charge in [-0.25, -0.2) is 4.79 Å². The number of esters is 1. The predicted octanol–water partition coefficient (Wildman–Crippen LogP) is 4.94. The Balaban J connectivity index is 1.53. The van der Waals surface area contributed by atoms with Crippen molar-refractivity contribution in [3.63, 3.8) is 0 Å². The zero-order chi connectivity index (χ0) is 20.4. The topological polar surface area (TPSA) is 61.8 Å². The lowest BCUT2D eigenvalue weighted by Crippen LogP contribution is -2.25. The van der Waals surface area contributed by atoms with E-state index in [1.807, 2.05) is 12.1 Å². The van der Waals surface area contributed by atoms with Crippen LogP contribution in [-0.4, -0.2) is 31.8 Å². The fourth-order valence-corrected chi connectivity index (χ4v) is 4.32. The van der Waals surface area contributed by atoms with Gasteiger partial charge in [-0.05, 0) is 61.1 Å². The molecule has 0 saturated carbocycles. The summed E-state index contributed by atoms with van der Waals surface area (Å²) in [5.74, 6) is -0.0345. The van der Waals surface area contributed by atoms with Crippen molar-refractivity contribution in [2.45, 2.75) is 44.3 Å². The van der Waals surface area contributed by atoms with Crippen LogP contribution in [0, 0.1) is 0 Å². The number of benzene rings is 2. The number of rotatable bonds is 4. The van der Waals surface area contributed by atoms with Gasteiger partial charge in [-0.3, -0.25) is 4.79 Å². The number of carbonyl (C=O) groups excluding carboxylic acids is 2. The second-order valence-corrected chi connectivity index (χ2v) is 7.82. The molecule has 4 rings (SSSR count). The highest BCUT2D eigenvalue weighted by molar-refractivity contribution is 6.32. The summed E-state index contributed by atoms with van der Waals surface area (Å²) in [6.07, 6.45) is 4.11. The predicted molar refractivity (Wildman–Crippen MR) is 109 cm³/mol. The molecule has 6 heteroatoms. The van der Waals surface area contributed by atoms with E-state index in [-0.39, 0.29) is 18.0 Å². The minimum atomic E-state index is -0.400. The smallest absolute Gasteiger partial charge is 0.337 e. The van der Waals surface area contributed by atoms with Gasteiger partial charge in [-0.1, -0.05) is 23.7 Å². The lowest BCUT2D eigenvalue weighted by Gasteiger charge is -2.26. The normalized spacial score (nSPS) is 21.4. The summed E-state index contributed by atoms with van der Waals surface area (Å²) in [6, 6.07) is 10.6. The van der Waals surface area contributed by atoms with E-state index in [4.69, 9.17) is 25.8 Å². The molecule has 0 radical (unpaired) electrons. The second-order valence-electron chi connectivity index (χ2n) is 7.42. The highest BCUT2D eigenvalue weighted by Gasteiger charge is 2.31. The maximum Gasteiger partial charge on any atom is 0.337 e. The first kappa shape index (κ1) is 19.9. The first-order valence-corrected chi connectivity index (χ1v) is 10.3. The maximum atomic E-state index is 13.1. The Bertz CT molecular complexity index is 933. The van der Waals surface area contributed by atoms with Crippen molar-refractivity contribution in [2.75, 3.05) is 13.7 Å². The van der Waals surface area contributed by atoms with Gasteiger partial charge in [0.15, 0.2) is 12.1 Å². The summed E-state index contributed by atoms with van der Waals surface area (Å²) in [5, 5.41) is 0.520. The van der Waals surface area contributed by atoms with Gasteiger partial charge in [0, 0.05) is 22.9 Å². The molecule has 2 unspecified atom stereocenters. The molecule has 2 aromatic rings. The molecule has 0 N–H and O–H groups in total. The monoisotopic (exact) mass is 414 g/mol. The summed E-state index contributed by atoms with van der Waals surface area (Å²) in [7, 11) is 1.35. The molecule has 0 aromatic heterocycles. The molecule has 0 amide bonds. The number of hydrogen-bond donors (Lipinski definition) is 0. The number of hydrogen-bond acceptors (Lipinski definition) is 5. The van der Waals surface area contributed by atoms with Gasteiger partial charge < -0.3 is 14.2 Å². The molecule has 29 heavy (non-hydrogen) atoms. The van der Waals surface area contributed by atoms with E-state index in [0.717, 1.165) is 30.4 Å². The van der Waals surface area contributed by atoms with E-state index in [0.29, 0.717) is 41.3 Å². The van der Waals surface area contributed by atoms with Gasteiger partial charge >= 0.3 is 5.97 Å². The first-order valence-electron chi connectivity index (χ1n) is 9.90. The summed E-state index contributed by atoms with van der Waals surface area (Å²) >= 11 is 6.52. The average Bonchev–Trinajstić information content (AvgIpc) is 2.74. The summed E-state index contributed by atoms with van der Waals surface area (Å²) < 4.78 is 16.2. The molecular weight excluding hydrogens is 392 g/mol. The summed E-state index contributed by atoms with van der Waals surface area (Å²) in [5.41, 5.74) is 2.78. The van der Waals surface area contributed by atoms with E-state index < -0.39 is 5.97 Å². The van der Waals surface area contributed by atoms with Gasteiger partial charge in [0.25, 0.3) is 0 Å². The van der Waals surface area contributed by atoms with E-state index in [1.165, 1.54) is 7.11 Å². The van der Waals surface area contributed by atoms with Crippen molar-refractivity contribution in [3.05, 3.63) is 63.7 Å². The lowest BCUT2D eigenvalue weighted by atomic mass is 9.78. The zero-order valence-electron chi connectivity index (χ0n) is 16.3. The standard InChI is InChI=1S/C23H23ClO5/c1-27-23(26)15-6-8-17-14(12-15)5-9-19(22(17)25)18-10-7-16(13-20(18)24)29-21-4-2-3-11-28-21/h6-8,10,12-13,19,21H,2-5,9,11H2,1H3. The molecule has 1 aliphatic carbocycles. The number of aryl methyl sites for hydroxylation is 1. The van der Waals surface area contributed by atoms with Crippen LogP contribution in [0.15, 0.2) is 36.4 Å². The van der Waals surface area contributed by atoms with Crippen molar-refractivity contribution in [1.29, 1.82) is 0 Å². The van der Waals surface area contributed by atoms with E-state index in [9.17, 15) is 9.59 Å². The summed E-state index contributed by atoms with van der Waals surface area (Å²) in [4.78, 5) is 24.8. The third-order valence-corrected chi connectivity index (χ3v) is 5.89. The highest BCUT2D eigenvalue weighted by Crippen LogP contribution is 2.38. The molecule has 1 heterocycles. The Morgan fingerprint density at radius 1 is 1.14 bits per heavy atom. The Morgan fingerprint density at radius 3 is 2.72 bits per heavy atom. The molecule has 0 spiro atoms. The van der Waals surface area contributed by atoms with Crippen molar-refractivity contribution < 1.29 is 23.8 Å². The van der Waals surface area contributed by atoms with Crippen LogP contribution in [0.2, 0.25) is 5.02 Å². The number of halogens is 1. The van der Waals surface area contributed by atoms with E-state index in [1.54, 1.807) is 24.3 Å². The minimum absolute atomic E-state index is 0.0221. The lowest BCUT2D eigenvalue weighted by molar-refractivity contribution is -0.105. The molecule has 0 bridgehead atoms. The number of methoxy groups -OCH3 is 1. The van der Waals surface area contributed by atoms with Crippen molar-refractivity contribution in [2.24, 2.45) is 0 Å². The third kappa shape index (κ3) is 4.16. The number of carbonyl (C=O) groups is 2. The van der Waals surface area contributed by atoms with Gasteiger partial charge in [0.2, 0.25) is 0 Å². The van der Waals surface area contributed by atoms with Crippen LogP contribution in [-0.2, 0) is 15.9 Å². The molecule has 1 aliphatic heterocycles. The Kier molecular flexibility index (Phi) is 5.88. The van der Waals surface area contributed by atoms with Gasteiger partial charge in [-0.2, -0.15) is 0 Å². The van der Waals surface area contributed by atoms with Gasteiger partial charge in [-0.15, -0.1) is 0 Å². The van der Waals surface area contributed by atoms with Crippen LogP contribution in [0.1, 0.15) is 63.4 Å². The fraction of sp³-hybridized carbons (Fsp3) is 0.391. The van der Waals surface area contributed by atoms with E-state index in [2.05, 4.69) is 0 Å². The molecule has 5 nitrogen and oxygen atoms in total. The molecule has 2 atom stereocenters. The molecular formula is C23H23ClO5. The largest absolute Gasteiger partial charge is 0.465 e. The Labute approximate surface area is 174 Å². The molecule has 2 aliphatic rings.